The van der Waals surface area contributed by atoms with Crippen molar-refractivity contribution < 1.29 is 11.5 Å². The lowest BCUT2D eigenvalue weighted by molar-refractivity contribution is -0.0846. The second-order valence-corrected chi connectivity index (χ2v) is 9.03. The number of aryl methyl sites for hydroxylation is 1. The van der Waals surface area contributed by atoms with E-state index in [9.17, 15) is 8.78 Å². The SMILES string of the molecule is [2H]C1C=CN(c2cccc3c2cc(C)n3C2CCN(CC3CCNCC3(F)F)CC2)[C@H]([2H])N1. The number of likely N-dealkylation sites (tertiary alicyclic amines) is 1. The Morgan fingerprint density at radius 2 is 2.03 bits per heavy atom. The molecule has 1 aromatic heterocycles. The number of piperidine rings is 2. The first-order valence-corrected chi connectivity index (χ1v) is 11.3. The van der Waals surface area contributed by atoms with E-state index >= 15 is 0 Å². The molecule has 0 bridgehead atoms. The largest absolute Gasteiger partial charge is 0.342 e. The Balaban J connectivity index is 1.33. The Morgan fingerprint density at radius 3 is 2.81 bits per heavy atom. The molecule has 2 unspecified atom stereocenters. The third kappa shape index (κ3) is 4.11. The number of aromatic nitrogens is 1. The lowest BCUT2D eigenvalue weighted by Gasteiger charge is -2.39. The molecule has 0 radical (unpaired) electrons. The van der Waals surface area contributed by atoms with Crippen molar-refractivity contribution in [3.63, 3.8) is 0 Å². The van der Waals surface area contributed by atoms with Crippen LogP contribution in [0, 0.1) is 12.8 Å². The van der Waals surface area contributed by atoms with Crippen LogP contribution < -0.4 is 15.5 Å². The van der Waals surface area contributed by atoms with Crippen molar-refractivity contribution in [2.75, 3.05) is 50.8 Å². The monoisotopic (exact) mass is 431 g/mol. The van der Waals surface area contributed by atoms with E-state index in [1.807, 2.05) is 23.2 Å². The van der Waals surface area contributed by atoms with E-state index < -0.39 is 25.0 Å². The first-order chi connectivity index (χ1) is 15.8. The average molecular weight is 432 g/mol. The number of nitrogens with zero attached hydrogens (tertiary/aromatic N) is 3. The van der Waals surface area contributed by atoms with Gasteiger partial charge in [-0.25, -0.2) is 8.78 Å². The van der Waals surface area contributed by atoms with Crippen molar-refractivity contribution in [2.45, 2.75) is 38.2 Å². The summed E-state index contributed by atoms with van der Waals surface area (Å²) in [6, 6.07) is 8.68. The van der Waals surface area contributed by atoms with E-state index in [2.05, 4.69) is 39.2 Å². The van der Waals surface area contributed by atoms with E-state index in [1.165, 1.54) is 5.69 Å². The maximum absolute atomic E-state index is 14.3. The molecule has 0 amide bonds. The summed E-state index contributed by atoms with van der Waals surface area (Å²) >= 11 is 0. The third-order valence-corrected chi connectivity index (χ3v) is 7.01. The molecule has 3 aliphatic rings. The van der Waals surface area contributed by atoms with Gasteiger partial charge in [-0.3, -0.25) is 5.32 Å². The van der Waals surface area contributed by atoms with Gasteiger partial charge in [0.1, 0.15) is 0 Å². The Labute approximate surface area is 185 Å². The van der Waals surface area contributed by atoms with Crippen LogP contribution >= 0.6 is 0 Å². The normalized spacial score (nSPS) is 31.1. The second-order valence-electron chi connectivity index (χ2n) is 9.03. The molecule has 3 atom stereocenters. The number of benzene rings is 1. The van der Waals surface area contributed by atoms with Crippen LogP contribution in [0.2, 0.25) is 0 Å². The zero-order valence-electron chi connectivity index (χ0n) is 20.0. The highest BCUT2D eigenvalue weighted by Gasteiger charge is 2.42. The molecule has 2 saturated heterocycles. The minimum Gasteiger partial charge on any atom is -0.342 e. The van der Waals surface area contributed by atoms with Crippen molar-refractivity contribution in [1.29, 1.82) is 0 Å². The van der Waals surface area contributed by atoms with Crippen molar-refractivity contribution in [1.82, 2.24) is 20.1 Å². The molecule has 168 valence electrons. The summed E-state index contributed by atoms with van der Waals surface area (Å²) in [5, 5.41) is 6.84. The van der Waals surface area contributed by atoms with Gasteiger partial charge < -0.3 is 19.7 Å². The number of alkyl halides is 2. The van der Waals surface area contributed by atoms with Gasteiger partial charge >= 0.3 is 0 Å². The molecular formula is C24H33F2N5. The van der Waals surface area contributed by atoms with Crippen LogP contribution in [0.5, 0.6) is 0 Å². The average Bonchev–Trinajstić information content (AvgIpc) is 3.12. The highest BCUT2D eigenvalue weighted by Crippen LogP contribution is 2.36. The standard InChI is InChI=1S/C24H33F2N5/c1-18-14-21-22(30-11-3-9-28-17-30)4-2-5-23(21)31(18)20-7-12-29(13-8-20)15-19-6-10-27-16-24(19,25)26/h2-5,11,14,19-20,27-28H,6-10,12-13,15-17H2,1H3/i9D,17D/t9?,17-,19?/m1/s1. The first kappa shape index (κ1) is 18.6. The van der Waals surface area contributed by atoms with Crippen molar-refractivity contribution in [2.24, 2.45) is 5.92 Å². The van der Waals surface area contributed by atoms with E-state index in [-0.39, 0.29) is 6.54 Å². The maximum Gasteiger partial charge on any atom is 0.264 e. The number of rotatable bonds is 4. The molecule has 0 spiro atoms. The molecule has 2 N–H and O–H groups in total. The van der Waals surface area contributed by atoms with Crippen molar-refractivity contribution in [3.8, 4) is 0 Å². The molecule has 0 aliphatic carbocycles. The summed E-state index contributed by atoms with van der Waals surface area (Å²) in [6.45, 7) is 3.48. The highest BCUT2D eigenvalue weighted by atomic mass is 19.3. The molecule has 4 heterocycles. The summed E-state index contributed by atoms with van der Waals surface area (Å²) in [5.41, 5.74) is 3.27. The molecule has 7 heteroatoms. The first-order valence-electron chi connectivity index (χ1n) is 12.5. The molecule has 31 heavy (non-hydrogen) atoms. The minimum atomic E-state index is -2.62. The maximum atomic E-state index is 14.3. The molecule has 2 aromatic rings. The van der Waals surface area contributed by atoms with E-state index in [0.717, 1.165) is 42.5 Å². The quantitative estimate of drug-likeness (QED) is 0.774. The molecule has 2 fully saturated rings. The van der Waals surface area contributed by atoms with Crippen LogP contribution in [0.4, 0.5) is 14.5 Å². The van der Waals surface area contributed by atoms with Crippen LogP contribution in [0.15, 0.2) is 36.5 Å². The Morgan fingerprint density at radius 1 is 1.19 bits per heavy atom. The Hall–Kier alpha value is -1.96. The van der Waals surface area contributed by atoms with Crippen molar-refractivity contribution >= 4 is 16.6 Å². The van der Waals surface area contributed by atoms with Gasteiger partial charge in [-0.2, -0.15) is 0 Å². The molecule has 5 rings (SSSR count). The number of anilines is 1. The fraction of sp³-hybridized carbons (Fsp3) is 0.583. The van der Waals surface area contributed by atoms with Gasteiger partial charge in [-0.05, 0) is 50.9 Å². The Kier molecular flexibility index (Phi) is 5.11. The molecule has 3 aliphatic heterocycles. The van der Waals surface area contributed by atoms with Crippen molar-refractivity contribution in [3.05, 3.63) is 42.2 Å². The predicted molar refractivity (Wildman–Crippen MR) is 122 cm³/mol. The minimum absolute atomic E-state index is 0.200. The molecule has 1 aromatic carbocycles. The molecule has 0 saturated carbocycles. The number of halogens is 2. The summed E-state index contributed by atoms with van der Waals surface area (Å²) in [4.78, 5) is 4.08. The summed E-state index contributed by atoms with van der Waals surface area (Å²) < 4.78 is 47.1. The fourth-order valence-corrected chi connectivity index (χ4v) is 5.37. The molecule has 5 nitrogen and oxygen atoms in total. The van der Waals surface area contributed by atoms with Gasteiger partial charge in [0.2, 0.25) is 0 Å². The van der Waals surface area contributed by atoms with E-state index in [0.29, 0.717) is 25.6 Å². The van der Waals surface area contributed by atoms with Crippen LogP contribution in [0.25, 0.3) is 10.9 Å². The van der Waals surface area contributed by atoms with Crippen LogP contribution in [0.1, 0.15) is 33.7 Å². The smallest absolute Gasteiger partial charge is 0.264 e. The lowest BCUT2D eigenvalue weighted by atomic mass is 9.92. The van der Waals surface area contributed by atoms with Gasteiger partial charge in [-0.15, -0.1) is 0 Å². The number of hydrogen-bond donors (Lipinski definition) is 2. The summed E-state index contributed by atoms with van der Waals surface area (Å²) in [7, 11) is 0. The van der Waals surface area contributed by atoms with Crippen LogP contribution in [-0.2, 0) is 0 Å². The predicted octanol–water partition coefficient (Wildman–Crippen LogP) is 3.71. The third-order valence-electron chi connectivity index (χ3n) is 7.01. The number of fused-ring (bicyclic) bond motifs is 1. The Bertz CT molecular complexity index is 1020. The second kappa shape index (κ2) is 8.52. The fourth-order valence-electron chi connectivity index (χ4n) is 5.37. The summed E-state index contributed by atoms with van der Waals surface area (Å²) in [6.07, 6.45) is 5.99. The van der Waals surface area contributed by atoms with Crippen LogP contribution in [0.3, 0.4) is 0 Å². The van der Waals surface area contributed by atoms with E-state index in [4.69, 9.17) is 2.74 Å². The van der Waals surface area contributed by atoms with Gasteiger partial charge in [0.05, 0.1) is 25.8 Å². The van der Waals surface area contributed by atoms with E-state index in [1.54, 1.807) is 6.08 Å². The summed E-state index contributed by atoms with van der Waals surface area (Å²) in [5.74, 6) is -3.18. The topological polar surface area (TPSA) is 35.5 Å². The van der Waals surface area contributed by atoms with Gasteiger partial charge in [0, 0.05) is 56.8 Å². The van der Waals surface area contributed by atoms with Gasteiger partial charge in [-0.1, -0.05) is 12.1 Å². The van der Waals surface area contributed by atoms with Gasteiger partial charge in [0.25, 0.3) is 5.92 Å². The highest BCUT2D eigenvalue weighted by molar-refractivity contribution is 5.94. The number of nitrogens with one attached hydrogen (secondary N) is 2. The van der Waals surface area contributed by atoms with Crippen LogP contribution in [-0.4, -0.2) is 61.3 Å². The van der Waals surface area contributed by atoms with Gasteiger partial charge in [0.15, 0.2) is 0 Å². The molecular weight excluding hydrogens is 396 g/mol. The number of hydrogen-bond acceptors (Lipinski definition) is 4. The zero-order valence-corrected chi connectivity index (χ0v) is 18.0. The lowest BCUT2D eigenvalue weighted by Crippen LogP contribution is -2.51. The zero-order chi connectivity index (χ0) is 23.2.